The van der Waals surface area contributed by atoms with Crippen LogP contribution in [0.5, 0.6) is 5.75 Å². The molecule has 0 saturated carbocycles. The fourth-order valence-corrected chi connectivity index (χ4v) is 2.10. The van der Waals surface area contributed by atoms with Crippen molar-refractivity contribution < 1.29 is 5.11 Å². The van der Waals surface area contributed by atoms with E-state index in [1.165, 1.54) is 0 Å². The molecular weight excluding hydrogens is 214 g/mol. The van der Waals surface area contributed by atoms with E-state index in [0.717, 1.165) is 31.7 Å². The molecule has 1 aromatic rings. The Bertz CT molecular complexity index is 402. The maximum absolute atomic E-state index is 9.30. The summed E-state index contributed by atoms with van der Waals surface area (Å²) in [6, 6.07) is 9.06. The number of hydrogen-bond donors (Lipinski definition) is 1. The number of nitriles is 1. The van der Waals surface area contributed by atoms with Crippen LogP contribution in [0.2, 0.25) is 0 Å². The Balaban J connectivity index is 2.11. The zero-order chi connectivity index (χ0) is 12.3. The van der Waals surface area contributed by atoms with Crippen LogP contribution in [0.1, 0.15) is 11.6 Å². The topological polar surface area (TPSA) is 50.5 Å². The van der Waals surface area contributed by atoms with Gasteiger partial charge in [0.05, 0.1) is 6.07 Å². The molecule has 0 aromatic heterocycles. The summed E-state index contributed by atoms with van der Waals surface area (Å²) in [5.41, 5.74) is 0.954. The number of hydrogen-bond acceptors (Lipinski definition) is 4. The van der Waals surface area contributed by atoms with E-state index in [-0.39, 0.29) is 11.8 Å². The summed E-state index contributed by atoms with van der Waals surface area (Å²) < 4.78 is 0. The van der Waals surface area contributed by atoms with Gasteiger partial charge in [-0.3, -0.25) is 4.90 Å². The number of aromatic hydroxyl groups is 1. The minimum atomic E-state index is -0.204. The minimum absolute atomic E-state index is 0.204. The molecule has 1 N–H and O–H groups in total. The highest BCUT2D eigenvalue weighted by atomic mass is 16.3. The van der Waals surface area contributed by atoms with Crippen molar-refractivity contribution in [3.8, 4) is 11.8 Å². The Morgan fingerprint density at radius 2 is 1.76 bits per heavy atom. The number of nitrogens with zero attached hydrogens (tertiary/aromatic N) is 3. The number of likely N-dealkylation sites (N-methyl/N-ethyl adjacent to an activating group) is 1. The average Bonchev–Trinajstić information content (AvgIpc) is 2.35. The number of phenols is 1. The second-order valence-corrected chi connectivity index (χ2v) is 4.46. The molecule has 0 aliphatic carbocycles. The SMILES string of the molecule is CN1CCN([C@@H](C#N)c2ccc(O)cc2)CC1. The Hall–Kier alpha value is -1.57. The molecule has 1 fully saturated rings. The lowest BCUT2D eigenvalue weighted by molar-refractivity contribution is 0.133. The van der Waals surface area contributed by atoms with Crippen molar-refractivity contribution in [3.05, 3.63) is 29.8 Å². The van der Waals surface area contributed by atoms with Crippen molar-refractivity contribution in [2.24, 2.45) is 0 Å². The van der Waals surface area contributed by atoms with Gasteiger partial charge in [-0.05, 0) is 24.7 Å². The van der Waals surface area contributed by atoms with Gasteiger partial charge in [-0.1, -0.05) is 12.1 Å². The van der Waals surface area contributed by atoms with Crippen molar-refractivity contribution in [3.63, 3.8) is 0 Å². The molecule has 4 heteroatoms. The van der Waals surface area contributed by atoms with Crippen LogP contribution in [-0.4, -0.2) is 48.1 Å². The Morgan fingerprint density at radius 3 is 2.29 bits per heavy atom. The molecule has 1 aromatic carbocycles. The fraction of sp³-hybridized carbons (Fsp3) is 0.462. The quantitative estimate of drug-likeness (QED) is 0.831. The van der Waals surface area contributed by atoms with Gasteiger partial charge in [-0.15, -0.1) is 0 Å². The second kappa shape index (κ2) is 5.17. The van der Waals surface area contributed by atoms with Gasteiger partial charge in [0.25, 0.3) is 0 Å². The van der Waals surface area contributed by atoms with Gasteiger partial charge in [0.15, 0.2) is 0 Å². The highest BCUT2D eigenvalue weighted by molar-refractivity contribution is 5.30. The number of phenolic OH excluding ortho intramolecular Hbond substituents is 1. The van der Waals surface area contributed by atoms with Gasteiger partial charge in [0, 0.05) is 26.2 Å². The van der Waals surface area contributed by atoms with Crippen LogP contribution in [0.25, 0.3) is 0 Å². The molecule has 1 heterocycles. The molecule has 90 valence electrons. The second-order valence-electron chi connectivity index (χ2n) is 4.46. The summed E-state index contributed by atoms with van der Waals surface area (Å²) in [6.07, 6.45) is 0. The van der Waals surface area contributed by atoms with Crippen LogP contribution >= 0.6 is 0 Å². The molecule has 1 atom stereocenters. The molecule has 4 nitrogen and oxygen atoms in total. The Morgan fingerprint density at radius 1 is 1.18 bits per heavy atom. The molecule has 0 unspecified atom stereocenters. The predicted molar refractivity (Wildman–Crippen MR) is 65.5 cm³/mol. The van der Waals surface area contributed by atoms with Crippen molar-refractivity contribution >= 4 is 0 Å². The molecule has 0 radical (unpaired) electrons. The van der Waals surface area contributed by atoms with E-state index in [9.17, 15) is 10.4 Å². The van der Waals surface area contributed by atoms with Crippen LogP contribution < -0.4 is 0 Å². The van der Waals surface area contributed by atoms with Gasteiger partial charge in [0.2, 0.25) is 0 Å². The lowest BCUT2D eigenvalue weighted by atomic mass is 10.1. The monoisotopic (exact) mass is 231 g/mol. The maximum atomic E-state index is 9.30. The van der Waals surface area contributed by atoms with Crippen LogP contribution in [-0.2, 0) is 0 Å². The fourth-order valence-electron chi connectivity index (χ4n) is 2.10. The molecule has 0 amide bonds. The lowest BCUT2D eigenvalue weighted by Crippen LogP contribution is -2.45. The zero-order valence-corrected chi connectivity index (χ0v) is 10.0. The average molecular weight is 231 g/mol. The maximum Gasteiger partial charge on any atom is 0.123 e. The largest absolute Gasteiger partial charge is 0.508 e. The van der Waals surface area contributed by atoms with E-state index in [4.69, 9.17) is 0 Å². The summed E-state index contributed by atoms with van der Waals surface area (Å²) in [7, 11) is 2.10. The third kappa shape index (κ3) is 2.76. The van der Waals surface area contributed by atoms with E-state index >= 15 is 0 Å². The molecule has 1 aliphatic rings. The first-order valence-electron chi connectivity index (χ1n) is 5.82. The highest BCUT2D eigenvalue weighted by Gasteiger charge is 2.23. The van der Waals surface area contributed by atoms with Crippen molar-refractivity contribution in [2.75, 3.05) is 33.2 Å². The van der Waals surface area contributed by atoms with Crippen molar-refractivity contribution in [2.45, 2.75) is 6.04 Å². The van der Waals surface area contributed by atoms with E-state index < -0.39 is 0 Å². The molecule has 1 aliphatic heterocycles. The first-order chi connectivity index (χ1) is 8.20. The first-order valence-corrected chi connectivity index (χ1v) is 5.82. The smallest absolute Gasteiger partial charge is 0.123 e. The highest BCUT2D eigenvalue weighted by Crippen LogP contribution is 2.23. The molecule has 17 heavy (non-hydrogen) atoms. The first kappa shape index (κ1) is 11.9. The van der Waals surface area contributed by atoms with Crippen LogP contribution in [0.15, 0.2) is 24.3 Å². The third-order valence-electron chi connectivity index (χ3n) is 3.23. The summed E-state index contributed by atoms with van der Waals surface area (Å²) in [4.78, 5) is 4.45. The Kier molecular flexibility index (Phi) is 3.62. The standard InChI is InChI=1S/C13H17N3O/c1-15-6-8-16(9-7-15)13(10-14)11-2-4-12(17)5-3-11/h2-5,13,17H,6-9H2,1H3/t13-/m0/s1. The van der Waals surface area contributed by atoms with Crippen molar-refractivity contribution in [1.82, 2.24) is 9.80 Å². The molecular formula is C13H17N3O. The van der Waals surface area contributed by atoms with E-state index in [1.54, 1.807) is 12.1 Å². The van der Waals surface area contributed by atoms with Gasteiger partial charge in [-0.25, -0.2) is 0 Å². The summed E-state index contributed by atoms with van der Waals surface area (Å²) >= 11 is 0. The number of benzene rings is 1. The summed E-state index contributed by atoms with van der Waals surface area (Å²) in [5, 5.41) is 18.6. The van der Waals surface area contributed by atoms with Crippen LogP contribution in [0.3, 0.4) is 0 Å². The normalized spacial score (nSPS) is 19.8. The Labute approximate surface area is 102 Å². The zero-order valence-electron chi connectivity index (χ0n) is 10.0. The number of rotatable bonds is 2. The van der Waals surface area contributed by atoms with Gasteiger partial charge in [-0.2, -0.15) is 5.26 Å². The predicted octanol–water partition coefficient (Wildman–Crippen LogP) is 1.20. The van der Waals surface area contributed by atoms with E-state index in [1.807, 2.05) is 12.1 Å². The van der Waals surface area contributed by atoms with E-state index in [0.29, 0.717) is 0 Å². The summed E-state index contributed by atoms with van der Waals surface area (Å²) in [5.74, 6) is 0.240. The summed E-state index contributed by atoms with van der Waals surface area (Å²) in [6.45, 7) is 3.82. The minimum Gasteiger partial charge on any atom is -0.508 e. The van der Waals surface area contributed by atoms with Gasteiger partial charge >= 0.3 is 0 Å². The third-order valence-corrected chi connectivity index (χ3v) is 3.23. The van der Waals surface area contributed by atoms with Crippen LogP contribution in [0.4, 0.5) is 0 Å². The van der Waals surface area contributed by atoms with Gasteiger partial charge < -0.3 is 10.0 Å². The molecule has 2 rings (SSSR count). The van der Waals surface area contributed by atoms with E-state index in [2.05, 4.69) is 22.9 Å². The molecule has 0 spiro atoms. The van der Waals surface area contributed by atoms with Gasteiger partial charge in [0.1, 0.15) is 11.8 Å². The number of piperazine rings is 1. The lowest BCUT2D eigenvalue weighted by Gasteiger charge is -2.35. The van der Waals surface area contributed by atoms with Crippen LogP contribution in [0, 0.1) is 11.3 Å². The molecule has 0 bridgehead atoms. The van der Waals surface area contributed by atoms with Crippen molar-refractivity contribution in [1.29, 1.82) is 5.26 Å². The molecule has 1 saturated heterocycles.